The molecule has 3 N–H and O–H groups in total. The van der Waals surface area contributed by atoms with Crippen LogP contribution in [0.5, 0.6) is 17.2 Å². The molecule has 2 aromatic heterocycles. The van der Waals surface area contributed by atoms with Crippen molar-refractivity contribution in [1.29, 1.82) is 0 Å². The number of nitrogens with two attached hydrogens (primary N) is 1. The van der Waals surface area contributed by atoms with E-state index in [0.29, 0.717) is 47.2 Å². The molecule has 0 aliphatic heterocycles. The first-order chi connectivity index (χ1) is 13.5. The number of hydrogen-bond donors (Lipinski definition) is 2. The maximum absolute atomic E-state index is 9.50. The summed E-state index contributed by atoms with van der Waals surface area (Å²) in [6.07, 6.45) is 1.91. The molecule has 0 spiro atoms. The second-order valence-corrected chi connectivity index (χ2v) is 6.57. The summed E-state index contributed by atoms with van der Waals surface area (Å²) in [4.78, 5) is 13.0. The summed E-state index contributed by atoms with van der Waals surface area (Å²) in [5.41, 5.74) is 8.12. The lowest BCUT2D eigenvalue weighted by molar-refractivity contribution is 0.223. The molecule has 0 aliphatic carbocycles. The molecule has 1 atom stereocenters. The Morgan fingerprint density at radius 2 is 1.79 bits per heavy atom. The number of aliphatic hydroxyl groups excluding tert-OH is 1. The van der Waals surface area contributed by atoms with Crippen molar-refractivity contribution in [2.24, 2.45) is 5.92 Å². The monoisotopic (exact) mass is 387 g/mol. The molecule has 0 amide bonds. The second-order valence-electron chi connectivity index (χ2n) is 6.57. The van der Waals surface area contributed by atoms with Crippen molar-refractivity contribution in [1.82, 2.24) is 19.5 Å². The highest BCUT2D eigenvalue weighted by molar-refractivity contribution is 5.81. The van der Waals surface area contributed by atoms with E-state index in [1.165, 1.54) is 6.33 Å². The van der Waals surface area contributed by atoms with Crippen molar-refractivity contribution in [2.75, 3.05) is 33.7 Å². The molecule has 0 fully saturated rings. The molecule has 1 aromatic carbocycles. The molecule has 0 radical (unpaired) electrons. The van der Waals surface area contributed by atoms with Crippen LogP contribution in [0.2, 0.25) is 0 Å². The Hall–Kier alpha value is -3.07. The number of fused-ring (bicyclic) bond motifs is 1. The van der Waals surface area contributed by atoms with Crippen LogP contribution in [-0.2, 0) is 13.0 Å². The lowest BCUT2D eigenvalue weighted by Gasteiger charge is -2.15. The number of methoxy groups -OCH3 is 3. The summed E-state index contributed by atoms with van der Waals surface area (Å²) in [5, 5.41) is 9.50. The first kappa shape index (κ1) is 19.7. The molecule has 0 bridgehead atoms. The number of nitrogen functional groups attached to an aromatic ring is 1. The highest BCUT2D eigenvalue weighted by Crippen LogP contribution is 2.38. The highest BCUT2D eigenvalue weighted by Gasteiger charge is 2.19. The van der Waals surface area contributed by atoms with Gasteiger partial charge in [-0.3, -0.25) is 0 Å². The minimum atomic E-state index is 0.0345. The van der Waals surface area contributed by atoms with Crippen molar-refractivity contribution in [2.45, 2.75) is 19.9 Å². The van der Waals surface area contributed by atoms with Crippen LogP contribution in [-0.4, -0.2) is 52.6 Å². The topological polar surface area (TPSA) is 118 Å². The van der Waals surface area contributed by atoms with Gasteiger partial charge in [-0.05, 0) is 23.6 Å². The molecule has 0 saturated heterocycles. The number of imidazole rings is 1. The Morgan fingerprint density at radius 3 is 2.36 bits per heavy atom. The summed E-state index contributed by atoms with van der Waals surface area (Å²) in [7, 11) is 4.72. The van der Waals surface area contributed by atoms with Gasteiger partial charge < -0.3 is 29.6 Å². The van der Waals surface area contributed by atoms with Gasteiger partial charge in [-0.15, -0.1) is 0 Å². The number of anilines is 1. The third kappa shape index (κ3) is 3.65. The minimum absolute atomic E-state index is 0.0345. The lowest BCUT2D eigenvalue weighted by atomic mass is 10.1. The van der Waals surface area contributed by atoms with Crippen LogP contribution in [0.25, 0.3) is 11.2 Å². The predicted molar refractivity (Wildman–Crippen MR) is 105 cm³/mol. The fourth-order valence-corrected chi connectivity index (χ4v) is 3.12. The van der Waals surface area contributed by atoms with E-state index in [2.05, 4.69) is 15.0 Å². The Bertz CT molecular complexity index is 947. The molecule has 2 heterocycles. The van der Waals surface area contributed by atoms with E-state index in [-0.39, 0.29) is 12.5 Å². The van der Waals surface area contributed by atoms with E-state index >= 15 is 0 Å². The van der Waals surface area contributed by atoms with Gasteiger partial charge in [-0.25, -0.2) is 15.0 Å². The Kier molecular flexibility index (Phi) is 5.84. The number of rotatable bonds is 8. The Balaban J connectivity index is 2.09. The van der Waals surface area contributed by atoms with Gasteiger partial charge in [0.05, 0.1) is 21.3 Å². The van der Waals surface area contributed by atoms with Crippen molar-refractivity contribution < 1.29 is 19.3 Å². The normalized spacial score (nSPS) is 12.2. The number of aliphatic hydroxyl groups is 1. The van der Waals surface area contributed by atoms with Crippen LogP contribution in [0, 0.1) is 5.92 Å². The first-order valence-electron chi connectivity index (χ1n) is 8.87. The average Bonchev–Trinajstić information content (AvgIpc) is 3.05. The molecule has 150 valence electrons. The fraction of sp³-hybridized carbons (Fsp3) is 0.421. The first-order valence-corrected chi connectivity index (χ1v) is 8.87. The summed E-state index contributed by atoms with van der Waals surface area (Å²) in [6.45, 7) is 2.58. The van der Waals surface area contributed by atoms with Gasteiger partial charge in [0.15, 0.2) is 28.5 Å². The lowest BCUT2D eigenvalue weighted by Crippen LogP contribution is -2.14. The molecule has 1 unspecified atom stereocenters. The standard InChI is InChI=1S/C19H25N5O4/c1-11(9-25)8-24-15(23-16-18(20)21-10-22-19(16)24)7-12-5-13(26-2)17(28-4)14(6-12)27-3/h5-6,10-11,25H,7-9H2,1-4H3,(H2,20,21,22). The van der Waals surface area contributed by atoms with Gasteiger partial charge >= 0.3 is 0 Å². The number of nitrogens with zero attached hydrogens (tertiary/aromatic N) is 4. The average molecular weight is 387 g/mol. The highest BCUT2D eigenvalue weighted by atomic mass is 16.5. The molecule has 28 heavy (non-hydrogen) atoms. The quantitative estimate of drug-likeness (QED) is 0.599. The largest absolute Gasteiger partial charge is 0.493 e. The van der Waals surface area contributed by atoms with Crippen molar-refractivity contribution in [3.8, 4) is 17.2 Å². The SMILES string of the molecule is COc1cc(Cc2nc3c(N)ncnc3n2CC(C)CO)cc(OC)c1OC. The van der Waals surface area contributed by atoms with Crippen LogP contribution >= 0.6 is 0 Å². The zero-order valence-corrected chi connectivity index (χ0v) is 16.5. The zero-order valence-electron chi connectivity index (χ0n) is 16.5. The van der Waals surface area contributed by atoms with Crippen LogP contribution in [0.3, 0.4) is 0 Å². The van der Waals surface area contributed by atoms with E-state index < -0.39 is 0 Å². The maximum atomic E-state index is 9.50. The predicted octanol–water partition coefficient (Wildman–Crippen LogP) is 1.65. The Labute approximate surface area is 163 Å². The third-order valence-corrected chi connectivity index (χ3v) is 4.53. The zero-order chi connectivity index (χ0) is 20.3. The van der Waals surface area contributed by atoms with Crippen LogP contribution < -0.4 is 19.9 Å². The molecular formula is C19H25N5O4. The van der Waals surface area contributed by atoms with E-state index in [1.807, 2.05) is 23.6 Å². The summed E-state index contributed by atoms with van der Waals surface area (Å²) >= 11 is 0. The third-order valence-electron chi connectivity index (χ3n) is 4.53. The van der Waals surface area contributed by atoms with E-state index in [9.17, 15) is 5.11 Å². The van der Waals surface area contributed by atoms with Crippen molar-refractivity contribution in [3.05, 3.63) is 29.8 Å². The Morgan fingerprint density at radius 1 is 1.11 bits per heavy atom. The summed E-state index contributed by atoms with van der Waals surface area (Å²) in [6, 6.07) is 3.77. The van der Waals surface area contributed by atoms with Gasteiger partial charge in [-0.2, -0.15) is 0 Å². The number of ether oxygens (including phenoxy) is 3. The molecule has 0 saturated carbocycles. The van der Waals surface area contributed by atoms with Crippen LogP contribution in [0.15, 0.2) is 18.5 Å². The van der Waals surface area contributed by atoms with Crippen LogP contribution in [0.1, 0.15) is 18.3 Å². The molecular weight excluding hydrogens is 362 g/mol. The van der Waals surface area contributed by atoms with Crippen molar-refractivity contribution in [3.63, 3.8) is 0 Å². The molecule has 3 rings (SSSR count). The fourth-order valence-electron chi connectivity index (χ4n) is 3.12. The van der Waals surface area contributed by atoms with E-state index in [0.717, 1.165) is 11.4 Å². The minimum Gasteiger partial charge on any atom is -0.493 e. The number of hydrogen-bond acceptors (Lipinski definition) is 8. The van der Waals surface area contributed by atoms with Gasteiger partial charge in [0.25, 0.3) is 0 Å². The molecule has 9 heteroatoms. The van der Waals surface area contributed by atoms with Gasteiger partial charge in [0.1, 0.15) is 12.2 Å². The number of aromatic nitrogens is 4. The second kappa shape index (κ2) is 8.30. The molecule has 3 aromatic rings. The van der Waals surface area contributed by atoms with Crippen LogP contribution in [0.4, 0.5) is 5.82 Å². The summed E-state index contributed by atoms with van der Waals surface area (Å²) < 4.78 is 18.2. The van der Waals surface area contributed by atoms with E-state index in [4.69, 9.17) is 19.9 Å². The van der Waals surface area contributed by atoms with E-state index in [1.54, 1.807) is 21.3 Å². The van der Waals surface area contributed by atoms with Gasteiger partial charge in [0.2, 0.25) is 5.75 Å². The summed E-state index contributed by atoms with van der Waals surface area (Å²) in [5.74, 6) is 2.80. The molecule has 0 aliphatic rings. The number of benzene rings is 1. The smallest absolute Gasteiger partial charge is 0.203 e. The van der Waals surface area contributed by atoms with Gasteiger partial charge in [0, 0.05) is 19.6 Å². The molecule has 9 nitrogen and oxygen atoms in total. The van der Waals surface area contributed by atoms with Gasteiger partial charge in [-0.1, -0.05) is 6.92 Å². The maximum Gasteiger partial charge on any atom is 0.203 e. The van der Waals surface area contributed by atoms with Crippen molar-refractivity contribution >= 4 is 17.0 Å².